The molecule has 3 heteroatoms. The van der Waals surface area contributed by atoms with Crippen LogP contribution in [0, 0.1) is 13.8 Å². The zero-order chi connectivity index (χ0) is 13.4. The molecule has 0 saturated heterocycles. The van der Waals surface area contributed by atoms with E-state index in [9.17, 15) is 0 Å². The topological polar surface area (TPSA) is 42.2 Å². The fraction of sp³-hybridized carbons (Fsp3) is 0.312. The number of aromatic nitrogens is 1. The number of nitrogen functional groups attached to an aromatic ring is 1. The summed E-state index contributed by atoms with van der Waals surface area (Å²) in [7, 11) is 0. The van der Waals surface area contributed by atoms with Crippen molar-refractivity contribution in [2.75, 3.05) is 17.2 Å². The van der Waals surface area contributed by atoms with Gasteiger partial charge in [0.05, 0.1) is 5.69 Å². The van der Waals surface area contributed by atoms with Crippen molar-refractivity contribution in [3.63, 3.8) is 0 Å². The van der Waals surface area contributed by atoms with Crippen molar-refractivity contribution < 1.29 is 0 Å². The summed E-state index contributed by atoms with van der Waals surface area (Å²) in [5.41, 5.74) is 11.9. The normalized spacial score (nSPS) is 14.3. The number of anilines is 3. The number of aryl methyl sites for hydroxylation is 3. The van der Waals surface area contributed by atoms with E-state index in [0.717, 1.165) is 36.5 Å². The molecule has 3 nitrogen and oxygen atoms in total. The summed E-state index contributed by atoms with van der Waals surface area (Å²) < 4.78 is 0. The van der Waals surface area contributed by atoms with Crippen molar-refractivity contribution in [1.29, 1.82) is 0 Å². The van der Waals surface area contributed by atoms with Gasteiger partial charge in [-0.1, -0.05) is 17.7 Å². The molecular weight excluding hydrogens is 234 g/mol. The minimum atomic E-state index is 0.758. The number of rotatable bonds is 1. The highest BCUT2D eigenvalue weighted by atomic mass is 15.2. The molecule has 1 aromatic carbocycles. The highest BCUT2D eigenvalue weighted by molar-refractivity contribution is 5.74. The molecule has 3 rings (SSSR count). The zero-order valence-corrected chi connectivity index (χ0v) is 11.5. The molecule has 19 heavy (non-hydrogen) atoms. The van der Waals surface area contributed by atoms with E-state index in [1.54, 1.807) is 0 Å². The summed E-state index contributed by atoms with van der Waals surface area (Å²) in [6.45, 7) is 5.13. The molecule has 0 radical (unpaired) electrons. The molecule has 2 aromatic rings. The van der Waals surface area contributed by atoms with E-state index in [1.807, 2.05) is 19.2 Å². The number of nitrogens with zero attached hydrogens (tertiary/aromatic N) is 2. The maximum Gasteiger partial charge on any atom is 0.156 e. The fourth-order valence-corrected chi connectivity index (χ4v) is 2.76. The van der Waals surface area contributed by atoms with Crippen LogP contribution in [-0.2, 0) is 6.42 Å². The summed E-state index contributed by atoms with van der Waals surface area (Å²) in [4.78, 5) is 6.77. The highest BCUT2D eigenvalue weighted by Crippen LogP contribution is 2.35. The van der Waals surface area contributed by atoms with Crippen LogP contribution in [0.25, 0.3) is 0 Å². The maximum absolute atomic E-state index is 6.14. The minimum absolute atomic E-state index is 0.758. The standard InChI is InChI=1S/C16H19N3/c1-11-5-6-15-13(8-11)4-3-7-19(15)16-14(17)9-12(2)10-18-16/h5-6,8-10H,3-4,7,17H2,1-2H3. The molecule has 1 aromatic heterocycles. The summed E-state index contributed by atoms with van der Waals surface area (Å²) in [5.74, 6) is 0.885. The van der Waals surface area contributed by atoms with Crippen molar-refractivity contribution in [3.8, 4) is 0 Å². The third-order valence-corrected chi connectivity index (χ3v) is 3.64. The average Bonchev–Trinajstić information content (AvgIpc) is 2.38. The van der Waals surface area contributed by atoms with E-state index in [2.05, 4.69) is 35.0 Å². The summed E-state index contributed by atoms with van der Waals surface area (Å²) >= 11 is 0. The highest BCUT2D eigenvalue weighted by Gasteiger charge is 2.20. The van der Waals surface area contributed by atoms with Crippen molar-refractivity contribution in [2.24, 2.45) is 0 Å². The molecule has 98 valence electrons. The molecule has 2 N–H and O–H groups in total. The van der Waals surface area contributed by atoms with Gasteiger partial charge in [-0.15, -0.1) is 0 Å². The Morgan fingerprint density at radius 2 is 2.00 bits per heavy atom. The van der Waals surface area contributed by atoms with Gasteiger partial charge in [0.1, 0.15) is 0 Å². The van der Waals surface area contributed by atoms with E-state index in [1.165, 1.54) is 16.8 Å². The Balaban J connectivity index is 2.08. The van der Waals surface area contributed by atoms with Gasteiger partial charge in [0.15, 0.2) is 5.82 Å². The lowest BCUT2D eigenvalue weighted by Gasteiger charge is -2.31. The Hall–Kier alpha value is -2.03. The first-order chi connectivity index (χ1) is 9.15. The second kappa shape index (κ2) is 4.57. The third kappa shape index (κ3) is 2.16. The second-order valence-electron chi connectivity index (χ2n) is 5.31. The number of pyridine rings is 1. The van der Waals surface area contributed by atoms with Crippen LogP contribution in [-0.4, -0.2) is 11.5 Å². The van der Waals surface area contributed by atoms with Crippen molar-refractivity contribution in [3.05, 3.63) is 47.2 Å². The van der Waals surface area contributed by atoms with Gasteiger partial charge >= 0.3 is 0 Å². The molecule has 0 fully saturated rings. The molecule has 0 unspecified atom stereocenters. The molecule has 0 saturated carbocycles. The Morgan fingerprint density at radius 3 is 2.79 bits per heavy atom. The zero-order valence-electron chi connectivity index (χ0n) is 11.5. The summed E-state index contributed by atoms with van der Waals surface area (Å²) in [6.07, 6.45) is 4.17. The Bertz CT molecular complexity index is 619. The quantitative estimate of drug-likeness (QED) is 0.847. The van der Waals surface area contributed by atoms with Gasteiger partial charge in [-0.05, 0) is 49.9 Å². The van der Waals surface area contributed by atoms with Crippen molar-refractivity contribution in [1.82, 2.24) is 4.98 Å². The van der Waals surface area contributed by atoms with Crippen LogP contribution in [0.5, 0.6) is 0 Å². The van der Waals surface area contributed by atoms with Crippen LogP contribution < -0.4 is 10.6 Å². The monoisotopic (exact) mass is 253 g/mol. The fourth-order valence-electron chi connectivity index (χ4n) is 2.76. The maximum atomic E-state index is 6.14. The van der Waals surface area contributed by atoms with Crippen LogP contribution in [0.1, 0.15) is 23.1 Å². The first-order valence-corrected chi connectivity index (χ1v) is 6.74. The van der Waals surface area contributed by atoms with Crippen LogP contribution in [0.2, 0.25) is 0 Å². The van der Waals surface area contributed by atoms with E-state index in [-0.39, 0.29) is 0 Å². The van der Waals surface area contributed by atoms with Crippen LogP contribution in [0.15, 0.2) is 30.5 Å². The lowest BCUT2D eigenvalue weighted by molar-refractivity contribution is 0.759. The third-order valence-electron chi connectivity index (χ3n) is 3.64. The molecule has 1 aliphatic rings. The van der Waals surface area contributed by atoms with Crippen LogP contribution in [0.3, 0.4) is 0 Å². The lowest BCUT2D eigenvalue weighted by atomic mass is 9.99. The van der Waals surface area contributed by atoms with Gasteiger partial charge in [0.2, 0.25) is 0 Å². The molecular formula is C16H19N3. The Labute approximate surface area is 114 Å². The molecule has 0 atom stereocenters. The smallest absolute Gasteiger partial charge is 0.156 e. The number of hydrogen-bond acceptors (Lipinski definition) is 3. The largest absolute Gasteiger partial charge is 0.396 e. The van der Waals surface area contributed by atoms with E-state index in [0.29, 0.717) is 0 Å². The predicted octanol–water partition coefficient (Wildman–Crippen LogP) is 3.36. The van der Waals surface area contributed by atoms with Gasteiger partial charge in [-0.25, -0.2) is 4.98 Å². The van der Waals surface area contributed by atoms with Crippen molar-refractivity contribution in [2.45, 2.75) is 26.7 Å². The predicted molar refractivity (Wildman–Crippen MR) is 79.9 cm³/mol. The van der Waals surface area contributed by atoms with Gasteiger partial charge in [0, 0.05) is 18.4 Å². The number of hydrogen-bond donors (Lipinski definition) is 1. The minimum Gasteiger partial charge on any atom is -0.396 e. The van der Waals surface area contributed by atoms with Crippen LogP contribution >= 0.6 is 0 Å². The first kappa shape index (κ1) is 12.0. The molecule has 0 amide bonds. The number of nitrogens with two attached hydrogens (primary N) is 1. The first-order valence-electron chi connectivity index (χ1n) is 6.74. The van der Waals surface area contributed by atoms with Crippen molar-refractivity contribution >= 4 is 17.2 Å². The van der Waals surface area contributed by atoms with Gasteiger partial charge in [0.25, 0.3) is 0 Å². The average molecular weight is 253 g/mol. The summed E-state index contributed by atoms with van der Waals surface area (Å²) in [6, 6.07) is 8.60. The summed E-state index contributed by atoms with van der Waals surface area (Å²) in [5, 5.41) is 0. The lowest BCUT2D eigenvalue weighted by Crippen LogP contribution is -2.26. The van der Waals surface area contributed by atoms with E-state index in [4.69, 9.17) is 5.73 Å². The van der Waals surface area contributed by atoms with E-state index >= 15 is 0 Å². The van der Waals surface area contributed by atoms with Crippen LogP contribution in [0.4, 0.5) is 17.2 Å². The Morgan fingerprint density at radius 1 is 1.16 bits per heavy atom. The molecule has 0 aliphatic carbocycles. The number of benzene rings is 1. The molecule has 1 aliphatic heterocycles. The SMILES string of the molecule is Cc1cnc(N2CCCc3cc(C)ccc32)c(N)c1. The van der Waals surface area contributed by atoms with Gasteiger partial charge in [-0.3, -0.25) is 0 Å². The van der Waals surface area contributed by atoms with E-state index < -0.39 is 0 Å². The second-order valence-corrected chi connectivity index (χ2v) is 5.31. The van der Waals surface area contributed by atoms with Gasteiger partial charge in [-0.2, -0.15) is 0 Å². The van der Waals surface area contributed by atoms with Gasteiger partial charge < -0.3 is 10.6 Å². The molecule has 2 heterocycles. The Kier molecular flexibility index (Phi) is 2.90. The number of fused-ring (bicyclic) bond motifs is 1. The molecule has 0 bridgehead atoms. The molecule has 0 spiro atoms.